The lowest BCUT2D eigenvalue weighted by Crippen LogP contribution is -1.92. The molecule has 0 saturated heterocycles. The molecule has 1 aliphatic heterocycles. The Bertz CT molecular complexity index is 1150. The second-order valence-electron chi connectivity index (χ2n) is 6.13. The average Bonchev–Trinajstić information content (AvgIpc) is 3.42. The van der Waals surface area contributed by atoms with Crippen molar-refractivity contribution in [1.82, 2.24) is 20.3 Å². The van der Waals surface area contributed by atoms with Gasteiger partial charge in [-0.25, -0.2) is 0 Å². The van der Waals surface area contributed by atoms with E-state index in [9.17, 15) is 0 Å². The Kier molecular flexibility index (Phi) is 4.91. The van der Waals surface area contributed by atoms with Crippen molar-refractivity contribution < 1.29 is 14.0 Å². The minimum atomic E-state index is 0.231. The van der Waals surface area contributed by atoms with Crippen LogP contribution in [0.15, 0.2) is 68.6 Å². The standard InChI is InChI=1S/C20H13BrN4O3S/c21-14-4-1-12(2-5-14)15-6-8-19(24-23-15)29-10-18-22-20(25-28-18)13-3-7-16-17(9-13)27-11-26-16/h1-9H,10-11H2. The number of hydrogen-bond donors (Lipinski definition) is 0. The van der Waals surface area contributed by atoms with E-state index in [-0.39, 0.29) is 6.79 Å². The molecule has 9 heteroatoms. The van der Waals surface area contributed by atoms with E-state index in [2.05, 4.69) is 36.3 Å². The molecule has 0 spiro atoms. The molecule has 0 atom stereocenters. The summed E-state index contributed by atoms with van der Waals surface area (Å²) in [5.74, 6) is 2.93. The van der Waals surface area contributed by atoms with E-state index in [0.29, 0.717) is 23.2 Å². The number of thioether (sulfide) groups is 1. The van der Waals surface area contributed by atoms with Gasteiger partial charge in [-0.1, -0.05) is 45.0 Å². The zero-order valence-corrected chi connectivity index (χ0v) is 17.3. The number of aromatic nitrogens is 4. The van der Waals surface area contributed by atoms with E-state index in [1.165, 1.54) is 11.8 Å². The molecule has 144 valence electrons. The number of halogens is 1. The monoisotopic (exact) mass is 468 g/mol. The van der Waals surface area contributed by atoms with Gasteiger partial charge in [0, 0.05) is 15.6 Å². The number of fused-ring (bicyclic) bond motifs is 1. The Balaban J connectivity index is 1.24. The van der Waals surface area contributed by atoms with Crippen LogP contribution in [0.2, 0.25) is 0 Å². The SMILES string of the molecule is Brc1ccc(-c2ccc(SCc3nc(-c4ccc5c(c4)OCO5)no3)nn2)cc1. The fourth-order valence-electron chi connectivity index (χ4n) is 2.77. The van der Waals surface area contributed by atoms with Crippen molar-refractivity contribution in [1.29, 1.82) is 0 Å². The largest absolute Gasteiger partial charge is 0.454 e. The molecule has 1 aliphatic rings. The molecule has 0 bridgehead atoms. The average molecular weight is 469 g/mol. The second-order valence-corrected chi connectivity index (χ2v) is 8.04. The molecule has 0 amide bonds. The minimum Gasteiger partial charge on any atom is -0.454 e. The fraction of sp³-hybridized carbons (Fsp3) is 0.100. The Morgan fingerprint density at radius 3 is 2.55 bits per heavy atom. The first-order valence-corrected chi connectivity index (χ1v) is 10.5. The van der Waals surface area contributed by atoms with Crippen LogP contribution in [0.4, 0.5) is 0 Å². The lowest BCUT2D eigenvalue weighted by Gasteiger charge is -2.01. The molecule has 2 aromatic heterocycles. The van der Waals surface area contributed by atoms with Gasteiger partial charge in [-0.3, -0.25) is 0 Å². The smallest absolute Gasteiger partial charge is 0.237 e. The first-order chi connectivity index (χ1) is 14.2. The Morgan fingerprint density at radius 1 is 0.897 bits per heavy atom. The predicted octanol–water partition coefficient (Wildman–Crippen LogP) is 4.98. The van der Waals surface area contributed by atoms with Gasteiger partial charge in [0.15, 0.2) is 11.5 Å². The maximum atomic E-state index is 5.39. The molecule has 4 aromatic rings. The number of benzene rings is 2. The van der Waals surface area contributed by atoms with Crippen LogP contribution in [0.3, 0.4) is 0 Å². The highest BCUT2D eigenvalue weighted by molar-refractivity contribution is 9.10. The molecular formula is C20H13BrN4O3S. The fourth-order valence-corrected chi connectivity index (χ4v) is 3.69. The van der Waals surface area contributed by atoms with Crippen LogP contribution in [0, 0.1) is 0 Å². The van der Waals surface area contributed by atoms with Gasteiger partial charge in [0.25, 0.3) is 0 Å². The molecule has 0 aliphatic carbocycles. The number of hydrogen-bond acceptors (Lipinski definition) is 8. The van der Waals surface area contributed by atoms with Crippen LogP contribution in [0.1, 0.15) is 5.89 Å². The molecule has 3 heterocycles. The van der Waals surface area contributed by atoms with Gasteiger partial charge in [-0.05, 0) is 42.5 Å². The van der Waals surface area contributed by atoms with Crippen LogP contribution >= 0.6 is 27.7 Å². The van der Waals surface area contributed by atoms with Gasteiger partial charge in [0.1, 0.15) is 5.03 Å². The maximum absolute atomic E-state index is 5.39. The second kappa shape index (κ2) is 7.84. The van der Waals surface area contributed by atoms with Crippen LogP contribution in [-0.2, 0) is 5.75 Å². The van der Waals surface area contributed by atoms with Crippen LogP contribution in [0.25, 0.3) is 22.6 Å². The van der Waals surface area contributed by atoms with E-state index in [1.807, 2.05) is 54.6 Å². The van der Waals surface area contributed by atoms with Crippen LogP contribution < -0.4 is 9.47 Å². The van der Waals surface area contributed by atoms with E-state index in [1.54, 1.807) is 0 Å². The lowest BCUT2D eigenvalue weighted by atomic mass is 10.1. The summed E-state index contributed by atoms with van der Waals surface area (Å²) in [6, 6.07) is 17.4. The van der Waals surface area contributed by atoms with Crippen molar-refractivity contribution in [3.05, 3.63) is 65.0 Å². The van der Waals surface area contributed by atoms with Gasteiger partial charge in [0.05, 0.1) is 11.4 Å². The molecule has 0 radical (unpaired) electrons. The van der Waals surface area contributed by atoms with Gasteiger partial charge in [-0.15, -0.1) is 10.2 Å². The highest BCUT2D eigenvalue weighted by Gasteiger charge is 2.16. The maximum Gasteiger partial charge on any atom is 0.237 e. The van der Waals surface area contributed by atoms with Gasteiger partial charge in [-0.2, -0.15) is 4.98 Å². The third kappa shape index (κ3) is 3.96. The van der Waals surface area contributed by atoms with Crippen molar-refractivity contribution in [3.63, 3.8) is 0 Å². The number of ether oxygens (including phenoxy) is 2. The van der Waals surface area contributed by atoms with E-state index in [0.717, 1.165) is 32.1 Å². The molecule has 2 aromatic carbocycles. The number of rotatable bonds is 5. The highest BCUT2D eigenvalue weighted by atomic mass is 79.9. The normalized spacial score (nSPS) is 12.3. The summed E-state index contributed by atoms with van der Waals surface area (Å²) in [4.78, 5) is 4.45. The highest BCUT2D eigenvalue weighted by Crippen LogP contribution is 2.35. The summed E-state index contributed by atoms with van der Waals surface area (Å²) in [5.41, 5.74) is 2.65. The Hall–Kier alpha value is -2.91. The summed E-state index contributed by atoms with van der Waals surface area (Å²) in [6.45, 7) is 0.231. The molecule has 0 unspecified atom stereocenters. The zero-order chi connectivity index (χ0) is 19.6. The molecule has 0 fully saturated rings. The van der Waals surface area contributed by atoms with E-state index < -0.39 is 0 Å². The Labute approximate surface area is 178 Å². The van der Waals surface area contributed by atoms with E-state index >= 15 is 0 Å². The van der Waals surface area contributed by atoms with Crippen molar-refractivity contribution in [2.45, 2.75) is 10.8 Å². The summed E-state index contributed by atoms with van der Waals surface area (Å²) >= 11 is 4.92. The zero-order valence-electron chi connectivity index (χ0n) is 14.9. The topological polar surface area (TPSA) is 83.2 Å². The number of nitrogens with zero attached hydrogens (tertiary/aromatic N) is 4. The first kappa shape index (κ1) is 18.1. The third-order valence-electron chi connectivity index (χ3n) is 4.22. The summed E-state index contributed by atoms with van der Waals surface area (Å²) < 4.78 is 17.1. The van der Waals surface area contributed by atoms with Gasteiger partial charge >= 0.3 is 0 Å². The first-order valence-electron chi connectivity index (χ1n) is 8.70. The third-order valence-corrected chi connectivity index (χ3v) is 5.66. The van der Waals surface area contributed by atoms with Crippen molar-refractivity contribution >= 4 is 27.7 Å². The molecular weight excluding hydrogens is 456 g/mol. The van der Waals surface area contributed by atoms with Crippen molar-refractivity contribution in [2.24, 2.45) is 0 Å². The summed E-state index contributed by atoms with van der Waals surface area (Å²) in [5, 5.41) is 13.4. The molecule has 29 heavy (non-hydrogen) atoms. The van der Waals surface area contributed by atoms with Gasteiger partial charge in [0.2, 0.25) is 18.5 Å². The molecule has 0 saturated carbocycles. The summed E-state index contributed by atoms with van der Waals surface area (Å²) in [6.07, 6.45) is 0. The summed E-state index contributed by atoms with van der Waals surface area (Å²) in [7, 11) is 0. The van der Waals surface area contributed by atoms with Crippen molar-refractivity contribution in [3.8, 4) is 34.1 Å². The molecule has 5 rings (SSSR count). The molecule has 7 nitrogen and oxygen atoms in total. The van der Waals surface area contributed by atoms with Crippen LogP contribution in [-0.4, -0.2) is 27.1 Å². The lowest BCUT2D eigenvalue weighted by molar-refractivity contribution is 0.174. The van der Waals surface area contributed by atoms with Crippen LogP contribution in [0.5, 0.6) is 11.5 Å². The van der Waals surface area contributed by atoms with Gasteiger partial charge < -0.3 is 14.0 Å². The minimum absolute atomic E-state index is 0.231. The van der Waals surface area contributed by atoms with E-state index in [4.69, 9.17) is 14.0 Å². The Morgan fingerprint density at radius 2 is 1.72 bits per heavy atom. The predicted molar refractivity (Wildman–Crippen MR) is 111 cm³/mol. The van der Waals surface area contributed by atoms with Crippen molar-refractivity contribution in [2.75, 3.05) is 6.79 Å². The molecule has 0 N–H and O–H groups in total. The quantitative estimate of drug-likeness (QED) is 0.379.